The van der Waals surface area contributed by atoms with Crippen molar-refractivity contribution >= 4 is 11.8 Å². The van der Waals surface area contributed by atoms with Gasteiger partial charge in [0.1, 0.15) is 11.4 Å². The van der Waals surface area contributed by atoms with E-state index in [2.05, 4.69) is 13.0 Å². The van der Waals surface area contributed by atoms with Crippen LogP contribution in [0.1, 0.15) is 63.5 Å². The number of nitrogen functional groups attached to an aromatic ring is 1. The number of piperidine rings is 1. The van der Waals surface area contributed by atoms with Gasteiger partial charge in [0.25, 0.3) is 0 Å². The molecule has 1 aliphatic carbocycles. The number of ether oxygens (including phenoxy) is 2. The first-order chi connectivity index (χ1) is 11.7. The molecule has 0 atom stereocenters. The molecular formula is C20H30N2O3. The Morgan fingerprint density at radius 1 is 1.16 bits per heavy atom. The predicted molar refractivity (Wildman–Crippen MR) is 99.0 cm³/mol. The zero-order valence-corrected chi connectivity index (χ0v) is 15.8. The summed E-state index contributed by atoms with van der Waals surface area (Å²) >= 11 is 0. The molecule has 5 nitrogen and oxygen atoms in total. The Balaban J connectivity index is 1.65. The molecule has 0 spiro atoms. The maximum atomic E-state index is 12.2. The number of nitrogens with two attached hydrogens (primary N) is 1. The van der Waals surface area contributed by atoms with Crippen LogP contribution in [0.2, 0.25) is 0 Å². The number of carbonyl (C=O) groups is 1. The van der Waals surface area contributed by atoms with Gasteiger partial charge in [-0.1, -0.05) is 0 Å². The van der Waals surface area contributed by atoms with E-state index in [4.69, 9.17) is 15.2 Å². The molecule has 1 saturated carbocycles. The minimum Gasteiger partial charge on any atom is -0.488 e. The van der Waals surface area contributed by atoms with Gasteiger partial charge in [-0.05, 0) is 82.6 Å². The summed E-state index contributed by atoms with van der Waals surface area (Å²) in [5.74, 6) is 1.25. The van der Waals surface area contributed by atoms with Crippen LogP contribution < -0.4 is 10.5 Å². The largest absolute Gasteiger partial charge is 0.488 e. The van der Waals surface area contributed by atoms with Crippen molar-refractivity contribution in [3.63, 3.8) is 0 Å². The molecule has 1 aromatic carbocycles. The predicted octanol–water partition coefficient (Wildman–Crippen LogP) is 4.23. The number of hydrogen-bond acceptors (Lipinski definition) is 4. The zero-order chi connectivity index (χ0) is 18.2. The smallest absolute Gasteiger partial charge is 0.410 e. The lowest BCUT2D eigenvalue weighted by Gasteiger charge is -2.34. The van der Waals surface area contributed by atoms with E-state index in [-0.39, 0.29) is 6.09 Å². The Labute approximate surface area is 150 Å². The number of benzene rings is 1. The highest BCUT2D eigenvalue weighted by molar-refractivity contribution is 5.68. The zero-order valence-electron chi connectivity index (χ0n) is 15.8. The van der Waals surface area contributed by atoms with Crippen LogP contribution in [0.15, 0.2) is 12.1 Å². The quantitative estimate of drug-likeness (QED) is 0.832. The van der Waals surface area contributed by atoms with Crippen molar-refractivity contribution in [2.45, 2.75) is 71.0 Å². The monoisotopic (exact) mass is 346 g/mol. The second kappa shape index (κ2) is 6.77. The standard InChI is InChI=1S/C20H30N2O3/c1-13-11-17(21)18(24-15-5-6-15)12-16(13)14-7-9-22(10-8-14)19(23)25-20(2,3)4/h11-12,14-15H,5-10,21H2,1-4H3. The van der Waals surface area contributed by atoms with Crippen LogP contribution in [-0.2, 0) is 4.74 Å². The summed E-state index contributed by atoms with van der Waals surface area (Å²) in [4.78, 5) is 14.0. The van der Waals surface area contributed by atoms with E-state index < -0.39 is 5.60 Å². The van der Waals surface area contributed by atoms with E-state index in [9.17, 15) is 4.79 Å². The van der Waals surface area contributed by atoms with Crippen molar-refractivity contribution in [1.82, 2.24) is 4.90 Å². The minimum absolute atomic E-state index is 0.210. The van der Waals surface area contributed by atoms with E-state index in [0.717, 1.165) is 50.2 Å². The van der Waals surface area contributed by atoms with Crippen LogP contribution in [0.3, 0.4) is 0 Å². The molecule has 3 rings (SSSR count). The number of rotatable bonds is 3. The SMILES string of the molecule is Cc1cc(N)c(OC2CC2)cc1C1CCN(C(=O)OC(C)(C)C)CC1. The first kappa shape index (κ1) is 17.9. The maximum absolute atomic E-state index is 12.2. The highest BCUT2D eigenvalue weighted by Crippen LogP contribution is 2.38. The molecule has 25 heavy (non-hydrogen) atoms. The summed E-state index contributed by atoms with van der Waals surface area (Å²) in [5.41, 5.74) is 8.90. The summed E-state index contributed by atoms with van der Waals surface area (Å²) in [6.07, 6.45) is 4.25. The van der Waals surface area contributed by atoms with Gasteiger partial charge in [0.15, 0.2) is 0 Å². The Bertz CT molecular complexity index is 639. The molecule has 2 fully saturated rings. The van der Waals surface area contributed by atoms with Crippen molar-refractivity contribution in [2.24, 2.45) is 0 Å². The molecule has 2 N–H and O–H groups in total. The average Bonchev–Trinajstić information content (AvgIpc) is 3.32. The highest BCUT2D eigenvalue weighted by atomic mass is 16.6. The fourth-order valence-corrected chi connectivity index (χ4v) is 3.33. The molecule has 1 saturated heterocycles. The molecule has 1 aliphatic heterocycles. The van der Waals surface area contributed by atoms with Gasteiger partial charge in [0, 0.05) is 13.1 Å². The molecule has 0 radical (unpaired) electrons. The average molecular weight is 346 g/mol. The normalized spacial score (nSPS) is 19.0. The number of anilines is 1. The first-order valence-corrected chi connectivity index (χ1v) is 9.27. The van der Waals surface area contributed by atoms with E-state index >= 15 is 0 Å². The fraction of sp³-hybridized carbons (Fsp3) is 0.650. The Morgan fingerprint density at radius 2 is 1.80 bits per heavy atom. The van der Waals surface area contributed by atoms with Crippen molar-refractivity contribution in [3.8, 4) is 5.75 Å². The van der Waals surface area contributed by atoms with Crippen molar-refractivity contribution < 1.29 is 14.3 Å². The van der Waals surface area contributed by atoms with Crippen LogP contribution in [0.5, 0.6) is 5.75 Å². The van der Waals surface area contributed by atoms with Crippen LogP contribution in [0.25, 0.3) is 0 Å². The summed E-state index contributed by atoms with van der Waals surface area (Å²) in [5, 5.41) is 0. The van der Waals surface area contributed by atoms with E-state index in [0.29, 0.717) is 12.0 Å². The second-order valence-corrected chi connectivity index (χ2v) is 8.31. The number of aryl methyl sites for hydroxylation is 1. The molecule has 1 amide bonds. The lowest BCUT2D eigenvalue weighted by Crippen LogP contribution is -2.41. The molecule has 2 aliphatic rings. The van der Waals surface area contributed by atoms with E-state index in [1.165, 1.54) is 11.1 Å². The van der Waals surface area contributed by atoms with Gasteiger partial charge in [0.05, 0.1) is 11.8 Å². The molecular weight excluding hydrogens is 316 g/mol. The van der Waals surface area contributed by atoms with Crippen LogP contribution >= 0.6 is 0 Å². The first-order valence-electron chi connectivity index (χ1n) is 9.27. The fourth-order valence-electron chi connectivity index (χ4n) is 3.33. The lowest BCUT2D eigenvalue weighted by atomic mass is 9.86. The summed E-state index contributed by atoms with van der Waals surface area (Å²) < 4.78 is 11.4. The topological polar surface area (TPSA) is 64.8 Å². The summed E-state index contributed by atoms with van der Waals surface area (Å²) in [6.45, 7) is 9.25. The summed E-state index contributed by atoms with van der Waals surface area (Å²) in [7, 11) is 0. The third kappa shape index (κ3) is 4.59. The maximum Gasteiger partial charge on any atom is 0.410 e. The number of hydrogen-bond donors (Lipinski definition) is 1. The molecule has 0 unspecified atom stereocenters. The van der Waals surface area contributed by atoms with Gasteiger partial charge >= 0.3 is 6.09 Å². The minimum atomic E-state index is -0.448. The third-order valence-corrected chi connectivity index (χ3v) is 4.80. The molecule has 138 valence electrons. The highest BCUT2D eigenvalue weighted by Gasteiger charge is 2.29. The molecule has 1 aromatic rings. The van der Waals surface area contributed by atoms with Gasteiger partial charge in [-0.25, -0.2) is 4.79 Å². The van der Waals surface area contributed by atoms with Crippen LogP contribution in [0.4, 0.5) is 10.5 Å². The van der Waals surface area contributed by atoms with Gasteiger partial charge in [-0.15, -0.1) is 0 Å². The van der Waals surface area contributed by atoms with E-state index in [1.807, 2.05) is 31.7 Å². The molecule has 0 aromatic heterocycles. The number of nitrogens with zero attached hydrogens (tertiary/aromatic N) is 1. The van der Waals surface area contributed by atoms with Gasteiger partial charge in [-0.2, -0.15) is 0 Å². The number of carbonyl (C=O) groups excluding carboxylic acids is 1. The lowest BCUT2D eigenvalue weighted by molar-refractivity contribution is 0.0204. The van der Waals surface area contributed by atoms with Crippen LogP contribution in [-0.4, -0.2) is 35.8 Å². The van der Waals surface area contributed by atoms with Crippen molar-refractivity contribution in [1.29, 1.82) is 0 Å². The van der Waals surface area contributed by atoms with E-state index in [1.54, 1.807) is 0 Å². The Hall–Kier alpha value is -1.91. The number of amides is 1. The van der Waals surface area contributed by atoms with Gasteiger partial charge in [-0.3, -0.25) is 0 Å². The Kier molecular flexibility index (Phi) is 4.85. The second-order valence-electron chi connectivity index (χ2n) is 8.31. The van der Waals surface area contributed by atoms with Gasteiger partial charge in [0.2, 0.25) is 0 Å². The number of likely N-dealkylation sites (tertiary alicyclic amines) is 1. The molecule has 0 bridgehead atoms. The van der Waals surface area contributed by atoms with Gasteiger partial charge < -0.3 is 20.1 Å². The van der Waals surface area contributed by atoms with Crippen molar-refractivity contribution in [2.75, 3.05) is 18.8 Å². The third-order valence-electron chi connectivity index (χ3n) is 4.80. The van der Waals surface area contributed by atoms with Crippen molar-refractivity contribution in [3.05, 3.63) is 23.3 Å². The van der Waals surface area contributed by atoms with Crippen LogP contribution in [0, 0.1) is 6.92 Å². The summed E-state index contributed by atoms with van der Waals surface area (Å²) in [6, 6.07) is 4.14. The molecule has 1 heterocycles. The molecule has 5 heteroatoms. The Morgan fingerprint density at radius 3 is 2.36 bits per heavy atom.